The summed E-state index contributed by atoms with van der Waals surface area (Å²) in [5.74, 6) is 0.672. The molecule has 1 aromatic heterocycles. The first-order valence-electron chi connectivity index (χ1n) is 5.11. The molecule has 1 aliphatic rings. The van der Waals surface area contributed by atoms with Crippen molar-refractivity contribution < 1.29 is 5.11 Å². The summed E-state index contributed by atoms with van der Waals surface area (Å²) in [5, 5.41) is 8.91. The van der Waals surface area contributed by atoms with Gasteiger partial charge in [-0.05, 0) is 36.8 Å². The Morgan fingerprint density at radius 2 is 2.46 bits per heavy atom. The molecule has 13 heavy (non-hydrogen) atoms. The van der Waals surface area contributed by atoms with Crippen molar-refractivity contribution >= 4 is 0 Å². The maximum absolute atomic E-state index is 8.91. The van der Waals surface area contributed by atoms with E-state index in [2.05, 4.69) is 23.8 Å². The van der Waals surface area contributed by atoms with Crippen molar-refractivity contribution in [2.75, 3.05) is 6.61 Å². The third-order valence-corrected chi connectivity index (χ3v) is 2.99. The predicted octanol–water partition coefficient (Wildman–Crippen LogP) is 1.92. The van der Waals surface area contributed by atoms with Crippen LogP contribution in [0.25, 0.3) is 0 Å². The van der Waals surface area contributed by atoms with E-state index in [4.69, 9.17) is 5.11 Å². The minimum absolute atomic E-state index is 0.244. The van der Waals surface area contributed by atoms with Gasteiger partial charge >= 0.3 is 0 Å². The van der Waals surface area contributed by atoms with Gasteiger partial charge in [0.25, 0.3) is 0 Å². The number of aliphatic hydroxyl groups excluding tert-OH is 1. The van der Waals surface area contributed by atoms with Crippen LogP contribution in [0, 0.1) is 0 Å². The van der Waals surface area contributed by atoms with Crippen LogP contribution in [0.1, 0.15) is 36.9 Å². The quantitative estimate of drug-likeness (QED) is 0.737. The summed E-state index contributed by atoms with van der Waals surface area (Å²) in [7, 11) is 0. The molecular formula is C11H17NO. The van der Waals surface area contributed by atoms with E-state index in [1.54, 1.807) is 0 Å². The van der Waals surface area contributed by atoms with Crippen molar-refractivity contribution in [3.8, 4) is 0 Å². The molecule has 0 saturated carbocycles. The van der Waals surface area contributed by atoms with E-state index in [1.165, 1.54) is 30.5 Å². The smallest absolute Gasteiger partial charge is 0.0610 e. The van der Waals surface area contributed by atoms with Gasteiger partial charge in [0.1, 0.15) is 0 Å². The zero-order valence-corrected chi connectivity index (χ0v) is 8.16. The van der Waals surface area contributed by atoms with Crippen molar-refractivity contribution in [1.82, 2.24) is 4.57 Å². The highest BCUT2D eigenvalue weighted by molar-refractivity contribution is 5.28. The van der Waals surface area contributed by atoms with Gasteiger partial charge in [0.2, 0.25) is 0 Å². The lowest BCUT2D eigenvalue weighted by Crippen LogP contribution is -2.13. The van der Waals surface area contributed by atoms with E-state index in [-0.39, 0.29) is 6.61 Å². The monoisotopic (exact) mass is 179 g/mol. The normalized spacial score (nSPS) is 21.5. The Morgan fingerprint density at radius 1 is 1.62 bits per heavy atom. The van der Waals surface area contributed by atoms with Gasteiger partial charge in [-0.25, -0.2) is 0 Å². The fraction of sp³-hybridized carbons (Fsp3) is 0.636. The summed E-state index contributed by atoms with van der Waals surface area (Å²) < 4.78 is 2.21. The maximum Gasteiger partial charge on any atom is 0.0610 e. The van der Waals surface area contributed by atoms with E-state index >= 15 is 0 Å². The van der Waals surface area contributed by atoms with Crippen molar-refractivity contribution in [1.29, 1.82) is 0 Å². The molecule has 1 heterocycles. The minimum Gasteiger partial charge on any atom is -0.395 e. The molecule has 72 valence electrons. The summed E-state index contributed by atoms with van der Waals surface area (Å²) in [6.07, 6.45) is 5.94. The average molecular weight is 179 g/mol. The van der Waals surface area contributed by atoms with Crippen molar-refractivity contribution in [2.24, 2.45) is 0 Å². The van der Waals surface area contributed by atoms with Crippen LogP contribution in [0.2, 0.25) is 0 Å². The zero-order chi connectivity index (χ0) is 9.26. The molecule has 1 atom stereocenters. The lowest BCUT2D eigenvalue weighted by atomic mass is 9.89. The lowest BCUT2D eigenvalue weighted by Gasteiger charge is -2.21. The molecular weight excluding hydrogens is 162 g/mol. The molecule has 2 heteroatoms. The van der Waals surface area contributed by atoms with Gasteiger partial charge in [-0.1, -0.05) is 6.92 Å². The fourth-order valence-electron chi connectivity index (χ4n) is 2.38. The molecule has 2 rings (SSSR count). The highest BCUT2D eigenvalue weighted by Crippen LogP contribution is 2.31. The van der Waals surface area contributed by atoms with Crippen molar-refractivity contribution in [3.05, 3.63) is 23.5 Å². The van der Waals surface area contributed by atoms with E-state index in [0.29, 0.717) is 5.92 Å². The topological polar surface area (TPSA) is 25.2 Å². The molecule has 1 aromatic rings. The van der Waals surface area contributed by atoms with E-state index < -0.39 is 0 Å². The molecule has 0 fully saturated rings. The van der Waals surface area contributed by atoms with Crippen LogP contribution < -0.4 is 0 Å². The second kappa shape index (κ2) is 3.54. The van der Waals surface area contributed by atoms with Crippen LogP contribution in [-0.4, -0.2) is 16.3 Å². The first kappa shape index (κ1) is 8.82. The van der Waals surface area contributed by atoms with Gasteiger partial charge < -0.3 is 9.67 Å². The summed E-state index contributed by atoms with van der Waals surface area (Å²) in [4.78, 5) is 0. The second-order valence-corrected chi connectivity index (χ2v) is 3.94. The second-order valence-electron chi connectivity index (χ2n) is 3.94. The number of aryl methyl sites for hydroxylation is 1. The number of aliphatic hydroxyl groups is 1. The molecule has 0 saturated heterocycles. The molecule has 2 nitrogen and oxygen atoms in total. The van der Waals surface area contributed by atoms with Crippen LogP contribution in [0.15, 0.2) is 12.3 Å². The minimum atomic E-state index is 0.244. The van der Waals surface area contributed by atoms with Crippen molar-refractivity contribution in [3.63, 3.8) is 0 Å². The predicted molar refractivity (Wildman–Crippen MR) is 52.9 cm³/mol. The summed E-state index contributed by atoms with van der Waals surface area (Å²) >= 11 is 0. The number of rotatable bonds is 2. The molecule has 0 aliphatic heterocycles. The van der Waals surface area contributed by atoms with Crippen LogP contribution in [0.3, 0.4) is 0 Å². The Bertz CT molecular complexity index is 290. The van der Waals surface area contributed by atoms with Crippen LogP contribution >= 0.6 is 0 Å². The summed E-state index contributed by atoms with van der Waals surface area (Å²) in [5.41, 5.74) is 2.95. The van der Waals surface area contributed by atoms with E-state index in [1.807, 2.05) is 0 Å². The first-order valence-corrected chi connectivity index (χ1v) is 5.11. The molecule has 0 spiro atoms. The van der Waals surface area contributed by atoms with Gasteiger partial charge in [0.15, 0.2) is 0 Å². The molecule has 1 aliphatic carbocycles. The Balaban J connectivity index is 2.32. The number of nitrogens with zero attached hydrogens (tertiary/aromatic N) is 1. The standard InChI is InChI=1S/C11H17NO/c1-9-3-2-4-10-5-6-12(7-8-13)11(9)10/h5-6,9,13H,2-4,7-8H2,1H3. The molecule has 1 N–H and O–H groups in total. The fourth-order valence-corrected chi connectivity index (χ4v) is 2.38. The van der Waals surface area contributed by atoms with Gasteiger partial charge in [0.05, 0.1) is 6.61 Å². The Labute approximate surface area is 79.2 Å². The highest BCUT2D eigenvalue weighted by atomic mass is 16.3. The zero-order valence-electron chi connectivity index (χ0n) is 8.16. The Kier molecular flexibility index (Phi) is 2.40. The molecule has 0 radical (unpaired) electrons. The lowest BCUT2D eigenvalue weighted by molar-refractivity contribution is 0.273. The number of hydrogen-bond donors (Lipinski definition) is 1. The number of hydrogen-bond acceptors (Lipinski definition) is 1. The van der Waals surface area contributed by atoms with Crippen molar-refractivity contribution in [2.45, 2.75) is 38.6 Å². The Hall–Kier alpha value is -0.760. The average Bonchev–Trinajstić information content (AvgIpc) is 2.51. The SMILES string of the molecule is CC1CCCc2ccn(CCO)c21. The third kappa shape index (κ3) is 1.51. The molecule has 0 aromatic carbocycles. The molecule has 0 amide bonds. The van der Waals surface area contributed by atoms with Crippen LogP contribution in [0.5, 0.6) is 0 Å². The number of fused-ring (bicyclic) bond motifs is 1. The van der Waals surface area contributed by atoms with Crippen LogP contribution in [-0.2, 0) is 13.0 Å². The number of aromatic nitrogens is 1. The summed E-state index contributed by atoms with van der Waals surface area (Å²) in [6, 6.07) is 2.21. The Morgan fingerprint density at radius 3 is 3.23 bits per heavy atom. The van der Waals surface area contributed by atoms with Gasteiger partial charge in [-0.15, -0.1) is 0 Å². The molecule has 1 unspecified atom stereocenters. The summed E-state index contributed by atoms with van der Waals surface area (Å²) in [6.45, 7) is 3.28. The van der Waals surface area contributed by atoms with Crippen LogP contribution in [0.4, 0.5) is 0 Å². The maximum atomic E-state index is 8.91. The third-order valence-electron chi connectivity index (χ3n) is 2.99. The highest BCUT2D eigenvalue weighted by Gasteiger charge is 2.19. The van der Waals surface area contributed by atoms with Gasteiger partial charge in [-0.3, -0.25) is 0 Å². The largest absolute Gasteiger partial charge is 0.395 e. The van der Waals surface area contributed by atoms with E-state index in [9.17, 15) is 0 Å². The van der Waals surface area contributed by atoms with E-state index in [0.717, 1.165) is 6.54 Å². The van der Waals surface area contributed by atoms with Gasteiger partial charge in [-0.2, -0.15) is 0 Å². The van der Waals surface area contributed by atoms with Gasteiger partial charge in [0, 0.05) is 18.4 Å². The molecule has 0 bridgehead atoms. The first-order chi connectivity index (χ1) is 6.33.